The molecule has 1 atom stereocenters. The third kappa shape index (κ3) is 2.16. The van der Waals surface area contributed by atoms with Gasteiger partial charge >= 0.3 is 11.9 Å². The maximum atomic E-state index is 11.1. The summed E-state index contributed by atoms with van der Waals surface area (Å²) in [5.74, 6) is -1.71. The van der Waals surface area contributed by atoms with E-state index in [1.54, 1.807) is 6.92 Å². The number of nitrogens with two attached hydrogens (primary N) is 1. The van der Waals surface area contributed by atoms with Crippen molar-refractivity contribution in [2.45, 2.75) is 13.0 Å². The first-order chi connectivity index (χ1) is 6.97. The first-order valence-electron chi connectivity index (χ1n) is 4.23. The number of aromatic amines is 1. The molecule has 6 nitrogen and oxygen atoms in total. The first-order valence-corrected chi connectivity index (χ1v) is 4.23. The molecule has 0 amide bonds. The molecule has 0 aliphatic carbocycles. The number of aliphatic carboxylic acids is 1. The smallest absolute Gasteiger partial charge is 0.354 e. The van der Waals surface area contributed by atoms with Gasteiger partial charge in [0.25, 0.3) is 0 Å². The lowest BCUT2D eigenvalue weighted by Gasteiger charge is -2.04. The summed E-state index contributed by atoms with van der Waals surface area (Å²) in [5.41, 5.74) is 6.53. The van der Waals surface area contributed by atoms with E-state index < -0.39 is 18.0 Å². The third-order valence-electron chi connectivity index (χ3n) is 2.04. The minimum Gasteiger partial charge on any atom is -0.480 e. The second-order valence-electron chi connectivity index (χ2n) is 3.09. The fraction of sp³-hybridized carbons (Fsp3) is 0.333. The Balaban J connectivity index is 3.06. The topological polar surface area (TPSA) is 105 Å². The quantitative estimate of drug-likeness (QED) is 0.620. The van der Waals surface area contributed by atoms with Crippen LogP contribution in [0.1, 0.15) is 27.8 Å². The van der Waals surface area contributed by atoms with Crippen LogP contribution in [-0.4, -0.2) is 29.1 Å². The monoisotopic (exact) mass is 212 g/mol. The Hall–Kier alpha value is -1.82. The Morgan fingerprint density at radius 1 is 1.60 bits per heavy atom. The zero-order valence-corrected chi connectivity index (χ0v) is 8.40. The van der Waals surface area contributed by atoms with Gasteiger partial charge in [-0.05, 0) is 18.6 Å². The van der Waals surface area contributed by atoms with Crippen molar-refractivity contribution >= 4 is 11.9 Å². The molecule has 15 heavy (non-hydrogen) atoms. The number of ether oxygens (including phenoxy) is 1. The van der Waals surface area contributed by atoms with Crippen LogP contribution in [0, 0.1) is 6.92 Å². The zero-order valence-electron chi connectivity index (χ0n) is 8.40. The van der Waals surface area contributed by atoms with Crippen LogP contribution >= 0.6 is 0 Å². The Morgan fingerprint density at radius 2 is 2.20 bits per heavy atom. The predicted octanol–water partition coefficient (Wildman–Crippen LogP) is 0.194. The molecule has 1 unspecified atom stereocenters. The fourth-order valence-corrected chi connectivity index (χ4v) is 1.24. The Bertz CT molecular complexity index is 397. The lowest BCUT2D eigenvalue weighted by Crippen LogP contribution is -2.22. The van der Waals surface area contributed by atoms with Crippen LogP contribution in [0.4, 0.5) is 0 Å². The van der Waals surface area contributed by atoms with Crippen LogP contribution in [0.3, 0.4) is 0 Å². The van der Waals surface area contributed by atoms with Gasteiger partial charge in [-0.25, -0.2) is 4.79 Å². The normalized spacial score (nSPS) is 12.2. The molecule has 0 aromatic carbocycles. The van der Waals surface area contributed by atoms with Gasteiger partial charge in [-0.1, -0.05) is 0 Å². The van der Waals surface area contributed by atoms with Gasteiger partial charge in [-0.15, -0.1) is 0 Å². The highest BCUT2D eigenvalue weighted by molar-refractivity contribution is 5.88. The Labute approximate surface area is 86.0 Å². The summed E-state index contributed by atoms with van der Waals surface area (Å²) in [7, 11) is 1.25. The molecule has 0 bridgehead atoms. The van der Waals surface area contributed by atoms with Gasteiger partial charge in [0.2, 0.25) is 0 Å². The van der Waals surface area contributed by atoms with E-state index in [-0.39, 0.29) is 5.69 Å². The molecule has 1 heterocycles. The van der Waals surface area contributed by atoms with E-state index >= 15 is 0 Å². The maximum absolute atomic E-state index is 11.1. The van der Waals surface area contributed by atoms with Crippen LogP contribution in [-0.2, 0) is 9.53 Å². The van der Waals surface area contributed by atoms with E-state index in [9.17, 15) is 9.59 Å². The molecule has 0 radical (unpaired) electrons. The summed E-state index contributed by atoms with van der Waals surface area (Å²) < 4.78 is 4.49. The van der Waals surface area contributed by atoms with Crippen molar-refractivity contribution in [3.8, 4) is 0 Å². The number of aryl methyl sites for hydroxylation is 1. The number of hydrogen-bond donors (Lipinski definition) is 3. The molecule has 1 rings (SSSR count). The number of aromatic nitrogens is 1. The van der Waals surface area contributed by atoms with E-state index in [2.05, 4.69) is 9.72 Å². The molecule has 0 spiro atoms. The van der Waals surface area contributed by atoms with Crippen LogP contribution in [0.2, 0.25) is 0 Å². The highest BCUT2D eigenvalue weighted by Crippen LogP contribution is 2.16. The van der Waals surface area contributed by atoms with E-state index in [1.807, 2.05) is 0 Å². The SMILES string of the molecule is COC(=O)c1cc(C)c(C(N)C(=O)O)[nH]1. The first kappa shape index (κ1) is 11.3. The fourth-order valence-electron chi connectivity index (χ4n) is 1.24. The standard InChI is InChI=1S/C9H12N2O4/c1-4-3-5(9(14)15-2)11-7(4)6(10)8(12)13/h3,6,11H,10H2,1-2H3,(H,12,13). The number of carbonyl (C=O) groups is 2. The number of methoxy groups -OCH3 is 1. The largest absolute Gasteiger partial charge is 0.480 e. The third-order valence-corrected chi connectivity index (χ3v) is 2.04. The Kier molecular flexibility index (Phi) is 3.11. The van der Waals surface area contributed by atoms with Gasteiger partial charge in [-0.2, -0.15) is 0 Å². The number of H-pyrrole nitrogens is 1. The van der Waals surface area contributed by atoms with Gasteiger partial charge in [0.15, 0.2) is 0 Å². The molecule has 0 aliphatic rings. The summed E-state index contributed by atoms with van der Waals surface area (Å²) in [6.45, 7) is 1.67. The minimum atomic E-state index is -1.16. The van der Waals surface area contributed by atoms with Crippen LogP contribution < -0.4 is 5.73 Å². The molecule has 0 saturated carbocycles. The van der Waals surface area contributed by atoms with E-state index in [0.29, 0.717) is 11.3 Å². The molecule has 6 heteroatoms. The number of carboxylic acids is 1. The average Bonchev–Trinajstić information content (AvgIpc) is 2.57. The zero-order chi connectivity index (χ0) is 11.6. The van der Waals surface area contributed by atoms with Crippen molar-refractivity contribution in [3.63, 3.8) is 0 Å². The average molecular weight is 212 g/mol. The van der Waals surface area contributed by atoms with E-state index in [0.717, 1.165) is 0 Å². The van der Waals surface area contributed by atoms with Crippen LogP contribution in [0.15, 0.2) is 6.07 Å². The molecule has 0 aliphatic heterocycles. The summed E-state index contributed by atoms with van der Waals surface area (Å²) in [4.78, 5) is 24.4. The molecule has 4 N–H and O–H groups in total. The second-order valence-corrected chi connectivity index (χ2v) is 3.09. The molecule has 1 aromatic rings. The second kappa shape index (κ2) is 4.14. The Morgan fingerprint density at radius 3 is 2.67 bits per heavy atom. The number of esters is 1. The molecule has 0 fully saturated rings. The van der Waals surface area contributed by atoms with Crippen molar-refractivity contribution < 1.29 is 19.4 Å². The maximum Gasteiger partial charge on any atom is 0.354 e. The molecule has 1 aromatic heterocycles. The van der Waals surface area contributed by atoms with Crippen molar-refractivity contribution in [1.29, 1.82) is 0 Å². The van der Waals surface area contributed by atoms with Crippen LogP contribution in [0.25, 0.3) is 0 Å². The minimum absolute atomic E-state index is 0.196. The van der Waals surface area contributed by atoms with Crippen LogP contribution in [0.5, 0.6) is 0 Å². The number of hydrogen-bond acceptors (Lipinski definition) is 4. The van der Waals surface area contributed by atoms with Gasteiger partial charge in [0, 0.05) is 5.69 Å². The van der Waals surface area contributed by atoms with E-state index in [1.165, 1.54) is 13.2 Å². The number of carboxylic acid groups (broad SMARTS) is 1. The highest BCUT2D eigenvalue weighted by Gasteiger charge is 2.21. The van der Waals surface area contributed by atoms with Crippen molar-refractivity contribution in [2.75, 3.05) is 7.11 Å². The number of rotatable bonds is 3. The van der Waals surface area contributed by atoms with E-state index in [4.69, 9.17) is 10.8 Å². The van der Waals surface area contributed by atoms with Gasteiger partial charge in [0.05, 0.1) is 7.11 Å². The van der Waals surface area contributed by atoms with Crippen molar-refractivity contribution in [2.24, 2.45) is 5.73 Å². The highest BCUT2D eigenvalue weighted by atomic mass is 16.5. The lowest BCUT2D eigenvalue weighted by atomic mass is 10.1. The summed E-state index contributed by atoms with van der Waals surface area (Å²) >= 11 is 0. The number of carbonyl (C=O) groups excluding carboxylic acids is 1. The van der Waals surface area contributed by atoms with Gasteiger partial charge < -0.3 is 20.6 Å². The van der Waals surface area contributed by atoms with Gasteiger partial charge in [0.1, 0.15) is 11.7 Å². The summed E-state index contributed by atoms with van der Waals surface area (Å²) in [6.07, 6.45) is 0. The molecule has 82 valence electrons. The van der Waals surface area contributed by atoms with Gasteiger partial charge in [-0.3, -0.25) is 4.79 Å². The molecular weight excluding hydrogens is 200 g/mol. The molecule has 0 saturated heterocycles. The molecular formula is C9H12N2O4. The van der Waals surface area contributed by atoms with Crippen molar-refractivity contribution in [3.05, 3.63) is 23.0 Å². The number of nitrogens with one attached hydrogen (secondary N) is 1. The predicted molar refractivity (Wildman–Crippen MR) is 51.4 cm³/mol. The van der Waals surface area contributed by atoms with Crippen molar-refractivity contribution in [1.82, 2.24) is 4.98 Å². The lowest BCUT2D eigenvalue weighted by molar-refractivity contribution is -0.138. The summed E-state index contributed by atoms with van der Waals surface area (Å²) in [6, 6.07) is 0.340. The summed E-state index contributed by atoms with van der Waals surface area (Å²) in [5, 5.41) is 8.70.